The van der Waals surface area contributed by atoms with E-state index in [0.29, 0.717) is 22.9 Å². The van der Waals surface area contributed by atoms with E-state index in [-0.39, 0.29) is 17.8 Å². The van der Waals surface area contributed by atoms with Crippen LogP contribution in [-0.4, -0.2) is 16.8 Å². The highest BCUT2D eigenvalue weighted by Gasteiger charge is 2.34. The van der Waals surface area contributed by atoms with Crippen LogP contribution in [0.3, 0.4) is 0 Å². The largest absolute Gasteiger partial charge is 0.451 e. The third kappa shape index (κ3) is 3.02. The third-order valence-corrected chi connectivity index (χ3v) is 4.44. The van der Waals surface area contributed by atoms with Crippen molar-refractivity contribution in [3.8, 4) is 0 Å². The van der Waals surface area contributed by atoms with Crippen LogP contribution in [0.25, 0.3) is 11.0 Å². The molecule has 0 bridgehead atoms. The van der Waals surface area contributed by atoms with Gasteiger partial charge < -0.3 is 9.32 Å². The summed E-state index contributed by atoms with van der Waals surface area (Å²) in [6.07, 6.45) is 1.97. The molecular weight excluding hydrogens is 329 g/mol. The highest BCUT2D eigenvalue weighted by atomic mass is 35.5. The number of benzene rings is 2. The quantitative estimate of drug-likeness (QED) is 0.665. The SMILES string of the molecule is O=C(c1cc2cc(Cl)ccc2o1)N(Cc1ccc(F)cc1)C1CC1. The Bertz CT molecular complexity index is 899. The van der Waals surface area contributed by atoms with Gasteiger partial charge in [-0.05, 0) is 54.8 Å². The van der Waals surface area contributed by atoms with Gasteiger partial charge >= 0.3 is 0 Å². The molecule has 4 rings (SSSR count). The second-order valence-electron chi connectivity index (χ2n) is 6.08. The Morgan fingerprint density at radius 1 is 1.17 bits per heavy atom. The first kappa shape index (κ1) is 15.2. The van der Waals surface area contributed by atoms with Crippen molar-refractivity contribution in [1.82, 2.24) is 4.90 Å². The standard InChI is InChI=1S/C19H15ClFNO2/c20-14-3-8-17-13(9-14)10-18(24-17)19(23)22(16-6-7-16)11-12-1-4-15(21)5-2-12/h1-5,8-10,16H,6-7,11H2. The molecule has 1 amide bonds. The minimum Gasteiger partial charge on any atom is -0.451 e. The van der Waals surface area contributed by atoms with Crippen molar-refractivity contribution in [3.63, 3.8) is 0 Å². The van der Waals surface area contributed by atoms with Gasteiger partial charge in [0.2, 0.25) is 0 Å². The van der Waals surface area contributed by atoms with E-state index in [9.17, 15) is 9.18 Å². The molecule has 0 saturated heterocycles. The monoisotopic (exact) mass is 343 g/mol. The average Bonchev–Trinajstić information content (AvgIpc) is 3.32. The van der Waals surface area contributed by atoms with Crippen molar-refractivity contribution in [1.29, 1.82) is 0 Å². The van der Waals surface area contributed by atoms with Crippen LogP contribution in [0.4, 0.5) is 4.39 Å². The Morgan fingerprint density at radius 3 is 2.62 bits per heavy atom. The number of carbonyl (C=O) groups excluding carboxylic acids is 1. The van der Waals surface area contributed by atoms with E-state index in [0.717, 1.165) is 23.8 Å². The fourth-order valence-electron chi connectivity index (χ4n) is 2.80. The molecule has 0 spiro atoms. The molecule has 1 saturated carbocycles. The first-order valence-electron chi connectivity index (χ1n) is 7.85. The molecule has 0 aliphatic heterocycles. The van der Waals surface area contributed by atoms with Crippen LogP contribution in [0.1, 0.15) is 29.0 Å². The summed E-state index contributed by atoms with van der Waals surface area (Å²) < 4.78 is 18.8. The van der Waals surface area contributed by atoms with Gasteiger partial charge in [-0.2, -0.15) is 0 Å². The Morgan fingerprint density at radius 2 is 1.92 bits per heavy atom. The number of furan rings is 1. The first-order valence-corrected chi connectivity index (χ1v) is 8.22. The minimum absolute atomic E-state index is 0.144. The van der Waals surface area contributed by atoms with Crippen molar-refractivity contribution < 1.29 is 13.6 Å². The van der Waals surface area contributed by atoms with E-state index in [1.807, 2.05) is 0 Å². The van der Waals surface area contributed by atoms with Gasteiger partial charge in [0, 0.05) is 23.0 Å². The molecule has 1 fully saturated rings. The normalized spacial score (nSPS) is 14.1. The fraction of sp³-hybridized carbons (Fsp3) is 0.211. The van der Waals surface area contributed by atoms with Crippen LogP contribution in [0.15, 0.2) is 52.9 Å². The fourth-order valence-corrected chi connectivity index (χ4v) is 2.98. The summed E-state index contributed by atoms with van der Waals surface area (Å²) in [6.45, 7) is 0.446. The highest BCUT2D eigenvalue weighted by Crippen LogP contribution is 2.31. The summed E-state index contributed by atoms with van der Waals surface area (Å²) in [5, 5.41) is 1.41. The Hall–Kier alpha value is -2.33. The Labute approximate surface area is 143 Å². The van der Waals surface area contributed by atoms with Gasteiger partial charge in [-0.1, -0.05) is 23.7 Å². The lowest BCUT2D eigenvalue weighted by Gasteiger charge is -2.21. The summed E-state index contributed by atoms with van der Waals surface area (Å²) in [4.78, 5) is 14.7. The molecule has 24 heavy (non-hydrogen) atoms. The van der Waals surface area contributed by atoms with Gasteiger partial charge in [0.15, 0.2) is 5.76 Å². The summed E-state index contributed by atoms with van der Waals surface area (Å²) in [5.41, 5.74) is 1.54. The summed E-state index contributed by atoms with van der Waals surface area (Å²) in [6, 6.07) is 13.4. The molecular formula is C19H15ClFNO2. The van der Waals surface area contributed by atoms with Crippen molar-refractivity contribution in [2.45, 2.75) is 25.4 Å². The molecule has 1 aromatic heterocycles. The molecule has 5 heteroatoms. The molecule has 0 unspecified atom stereocenters. The van der Waals surface area contributed by atoms with Crippen LogP contribution >= 0.6 is 11.6 Å². The molecule has 0 atom stereocenters. The number of halogens is 2. The van der Waals surface area contributed by atoms with E-state index in [1.54, 1.807) is 41.3 Å². The lowest BCUT2D eigenvalue weighted by Crippen LogP contribution is -2.32. The van der Waals surface area contributed by atoms with Crippen molar-refractivity contribution in [3.05, 3.63) is 70.7 Å². The molecule has 1 aliphatic rings. The number of amides is 1. The van der Waals surface area contributed by atoms with E-state index in [4.69, 9.17) is 16.0 Å². The van der Waals surface area contributed by atoms with E-state index in [1.165, 1.54) is 12.1 Å². The third-order valence-electron chi connectivity index (χ3n) is 4.20. The van der Waals surface area contributed by atoms with Crippen LogP contribution in [0.5, 0.6) is 0 Å². The maximum atomic E-state index is 13.1. The Balaban J connectivity index is 1.62. The van der Waals surface area contributed by atoms with Gasteiger partial charge in [0.05, 0.1) is 0 Å². The van der Waals surface area contributed by atoms with Crippen molar-refractivity contribution in [2.75, 3.05) is 0 Å². The van der Waals surface area contributed by atoms with Crippen molar-refractivity contribution in [2.24, 2.45) is 0 Å². The number of hydrogen-bond donors (Lipinski definition) is 0. The van der Waals surface area contributed by atoms with Gasteiger partial charge in [-0.15, -0.1) is 0 Å². The second-order valence-corrected chi connectivity index (χ2v) is 6.52. The summed E-state index contributed by atoms with van der Waals surface area (Å²) in [5.74, 6) is -0.118. The minimum atomic E-state index is -0.280. The molecule has 0 N–H and O–H groups in total. The molecule has 122 valence electrons. The number of rotatable bonds is 4. The molecule has 1 aliphatic carbocycles. The predicted molar refractivity (Wildman–Crippen MR) is 90.5 cm³/mol. The van der Waals surface area contributed by atoms with Crippen molar-refractivity contribution >= 4 is 28.5 Å². The summed E-state index contributed by atoms with van der Waals surface area (Å²) >= 11 is 5.98. The number of carbonyl (C=O) groups is 1. The second kappa shape index (κ2) is 5.95. The zero-order valence-electron chi connectivity index (χ0n) is 12.8. The van der Waals surface area contributed by atoms with Gasteiger partial charge in [-0.3, -0.25) is 4.79 Å². The summed E-state index contributed by atoms with van der Waals surface area (Å²) in [7, 11) is 0. The maximum Gasteiger partial charge on any atom is 0.290 e. The van der Waals surface area contributed by atoms with Crippen LogP contribution in [0.2, 0.25) is 5.02 Å². The topological polar surface area (TPSA) is 33.5 Å². The maximum absolute atomic E-state index is 13.1. The van der Waals surface area contributed by atoms with E-state index < -0.39 is 0 Å². The van der Waals surface area contributed by atoms with Crippen LogP contribution in [0, 0.1) is 5.82 Å². The molecule has 1 heterocycles. The lowest BCUT2D eigenvalue weighted by atomic mass is 10.2. The molecule has 2 aromatic carbocycles. The van der Waals surface area contributed by atoms with Crippen LogP contribution < -0.4 is 0 Å². The lowest BCUT2D eigenvalue weighted by molar-refractivity contribution is 0.0700. The zero-order chi connectivity index (χ0) is 16.7. The number of nitrogens with zero attached hydrogens (tertiary/aromatic N) is 1. The van der Waals surface area contributed by atoms with Gasteiger partial charge in [0.1, 0.15) is 11.4 Å². The van der Waals surface area contributed by atoms with Gasteiger partial charge in [-0.25, -0.2) is 4.39 Å². The number of hydrogen-bond acceptors (Lipinski definition) is 2. The first-order chi connectivity index (χ1) is 11.6. The van der Waals surface area contributed by atoms with Crippen LogP contribution in [-0.2, 0) is 6.54 Å². The average molecular weight is 344 g/mol. The van der Waals surface area contributed by atoms with E-state index in [2.05, 4.69) is 0 Å². The molecule has 3 nitrogen and oxygen atoms in total. The van der Waals surface area contributed by atoms with E-state index >= 15 is 0 Å². The zero-order valence-corrected chi connectivity index (χ0v) is 13.6. The molecule has 3 aromatic rings. The number of fused-ring (bicyclic) bond motifs is 1. The predicted octanol–water partition coefficient (Wildman–Crippen LogP) is 5.03. The van der Waals surface area contributed by atoms with Gasteiger partial charge in [0.25, 0.3) is 5.91 Å². The smallest absolute Gasteiger partial charge is 0.290 e. The molecule has 0 radical (unpaired) electrons. The Kier molecular flexibility index (Phi) is 3.77. The highest BCUT2D eigenvalue weighted by molar-refractivity contribution is 6.31.